The van der Waals surface area contributed by atoms with E-state index in [1.54, 1.807) is 36.5 Å². The van der Waals surface area contributed by atoms with Crippen molar-refractivity contribution in [3.63, 3.8) is 0 Å². The van der Waals surface area contributed by atoms with E-state index < -0.39 is 11.6 Å². The molecule has 2 heterocycles. The van der Waals surface area contributed by atoms with Gasteiger partial charge in [0.1, 0.15) is 17.2 Å². The first kappa shape index (κ1) is 27.0. The maximum Gasteiger partial charge on any atom is 0.331 e. The van der Waals surface area contributed by atoms with Crippen LogP contribution in [0.2, 0.25) is 0 Å². The number of rotatable bonds is 4. The van der Waals surface area contributed by atoms with Crippen molar-refractivity contribution in [1.82, 2.24) is 9.97 Å². The van der Waals surface area contributed by atoms with Crippen LogP contribution in [0.15, 0.2) is 48.8 Å². The Hall–Kier alpha value is -2.95. The molecule has 0 aliphatic rings. The number of nitrogens with two attached hydrogens (primary N) is 2. The summed E-state index contributed by atoms with van der Waals surface area (Å²) in [6, 6.07) is 6.77. The number of carboxylic acids is 1. The van der Waals surface area contributed by atoms with Gasteiger partial charge in [-0.15, -0.1) is 0 Å². The van der Waals surface area contributed by atoms with Crippen LogP contribution >= 0.6 is 22.6 Å². The minimum atomic E-state index is -0.980. The lowest BCUT2D eigenvalue weighted by Gasteiger charge is -2.17. The summed E-state index contributed by atoms with van der Waals surface area (Å²) < 4.78 is 5.11. The lowest BCUT2D eigenvalue weighted by molar-refractivity contribution is -0.148. The molecule has 0 saturated carbocycles. The molecule has 0 aromatic carbocycles. The molecule has 0 spiro atoms. The topological polar surface area (TPSA) is 141 Å². The van der Waals surface area contributed by atoms with Crippen molar-refractivity contribution in [3.8, 4) is 0 Å². The van der Waals surface area contributed by atoms with Crippen LogP contribution in [0.1, 0.15) is 31.9 Å². The number of nitrogens with zero attached hydrogens (tertiary/aromatic N) is 2. The zero-order chi connectivity index (χ0) is 23.2. The van der Waals surface area contributed by atoms with Crippen LogP contribution in [-0.4, -0.2) is 37.5 Å². The molecule has 8 nitrogen and oxygen atoms in total. The predicted octanol–water partition coefficient (Wildman–Crippen LogP) is 3.83. The molecule has 0 aliphatic carbocycles. The van der Waals surface area contributed by atoms with Crippen molar-refractivity contribution in [2.45, 2.75) is 26.4 Å². The molecule has 0 aliphatic heterocycles. The Bertz CT molecular complexity index is 843. The number of esters is 1. The molecule has 2 rings (SSSR count). The molecule has 0 unspecified atom stereocenters. The number of carboxylic acid groups (broad SMARTS) is 1. The second kappa shape index (κ2) is 14.1. The van der Waals surface area contributed by atoms with Gasteiger partial charge < -0.3 is 21.3 Å². The zero-order valence-electron chi connectivity index (χ0n) is 17.4. The molecule has 9 heteroatoms. The number of aromatic nitrogens is 2. The minimum Gasteiger partial charge on any atom is -0.478 e. The van der Waals surface area contributed by atoms with Crippen molar-refractivity contribution in [2.24, 2.45) is 0 Å². The smallest absolute Gasteiger partial charge is 0.331 e. The summed E-state index contributed by atoms with van der Waals surface area (Å²) in [6.45, 7) is 5.47. The van der Waals surface area contributed by atoms with E-state index in [1.165, 1.54) is 18.3 Å². The van der Waals surface area contributed by atoms with Gasteiger partial charge in [0.05, 0.1) is 0 Å². The van der Waals surface area contributed by atoms with Gasteiger partial charge in [-0.2, -0.15) is 0 Å². The zero-order valence-corrected chi connectivity index (χ0v) is 19.5. The average molecular weight is 526 g/mol. The highest BCUT2D eigenvalue weighted by Gasteiger charge is 2.13. The number of hydrogen-bond donors (Lipinski definition) is 3. The largest absolute Gasteiger partial charge is 0.478 e. The molecule has 0 atom stereocenters. The van der Waals surface area contributed by atoms with Gasteiger partial charge in [0.25, 0.3) is 0 Å². The van der Waals surface area contributed by atoms with E-state index in [4.69, 9.17) is 21.3 Å². The summed E-state index contributed by atoms with van der Waals surface area (Å²) >= 11 is 2.15. The highest BCUT2D eigenvalue weighted by atomic mass is 127. The van der Waals surface area contributed by atoms with Gasteiger partial charge in [-0.1, -0.05) is 22.6 Å². The monoisotopic (exact) mass is 526 g/mol. The third kappa shape index (κ3) is 14.1. The van der Waals surface area contributed by atoms with E-state index in [9.17, 15) is 9.59 Å². The van der Waals surface area contributed by atoms with Crippen LogP contribution < -0.4 is 11.5 Å². The van der Waals surface area contributed by atoms with Crippen molar-refractivity contribution < 1.29 is 19.4 Å². The Kier molecular flexibility index (Phi) is 12.7. The summed E-state index contributed by atoms with van der Waals surface area (Å²) in [5.74, 6) is -0.479. The highest BCUT2D eigenvalue weighted by molar-refractivity contribution is 14.1. The first-order valence-electron chi connectivity index (χ1n) is 8.68. The molecule has 30 heavy (non-hydrogen) atoms. The number of hydrogen-bond acceptors (Lipinski definition) is 7. The van der Waals surface area contributed by atoms with E-state index in [1.807, 2.05) is 25.7 Å². The van der Waals surface area contributed by atoms with Crippen LogP contribution in [0.3, 0.4) is 0 Å². The third-order valence-electron chi connectivity index (χ3n) is 2.86. The number of aliphatic carboxylic acids is 1. The normalized spacial score (nSPS) is 10.6. The Morgan fingerprint density at radius 2 is 1.37 bits per heavy atom. The summed E-state index contributed by atoms with van der Waals surface area (Å²) in [4.78, 5) is 31.1. The number of ether oxygens (including phenoxy) is 1. The molecular weight excluding hydrogens is 499 g/mol. The first-order valence-corrected chi connectivity index (χ1v) is 10.8. The molecule has 0 bridgehead atoms. The molecule has 0 radical (unpaired) electrons. The summed E-state index contributed by atoms with van der Waals surface area (Å²) in [5.41, 5.74) is 11.8. The number of halogens is 1. The second-order valence-electron chi connectivity index (χ2n) is 6.57. The van der Waals surface area contributed by atoms with Gasteiger partial charge in [-0.25, -0.2) is 19.6 Å². The first-order chi connectivity index (χ1) is 14.0. The van der Waals surface area contributed by atoms with Crippen LogP contribution in [0.25, 0.3) is 12.2 Å². The Morgan fingerprint density at radius 1 is 0.933 bits per heavy atom. The standard InChI is InChI=1S/C12H16N2O2.C8H8N2O2.CH3I/c1-12(2,3)16-11(15)7-5-9-4-6-10(13)14-8-9;9-7-3-1-6(5-10-7)2-4-8(11)12;1-2/h4-8H,1-3H3,(H2,13,14);1-5H,(H2,9,10)(H,11,12);1H3/b7-5+;4-2+;. The van der Waals surface area contributed by atoms with Crippen LogP contribution in [0.4, 0.5) is 11.6 Å². The summed E-state index contributed by atoms with van der Waals surface area (Å²) in [5, 5.41) is 8.30. The number of alkyl halides is 1. The summed E-state index contributed by atoms with van der Waals surface area (Å²) in [6.07, 6.45) is 8.62. The van der Waals surface area contributed by atoms with Crippen molar-refractivity contribution in [1.29, 1.82) is 0 Å². The number of carbonyl (C=O) groups is 2. The number of nitrogen functional groups attached to an aromatic ring is 2. The summed E-state index contributed by atoms with van der Waals surface area (Å²) in [7, 11) is 0. The lowest BCUT2D eigenvalue weighted by Crippen LogP contribution is -2.22. The quantitative estimate of drug-likeness (QED) is 0.236. The van der Waals surface area contributed by atoms with E-state index in [0.717, 1.165) is 11.6 Å². The van der Waals surface area contributed by atoms with E-state index in [0.29, 0.717) is 17.2 Å². The Morgan fingerprint density at radius 3 is 1.70 bits per heavy atom. The molecule has 2 aromatic heterocycles. The van der Waals surface area contributed by atoms with Crippen molar-refractivity contribution >= 4 is 58.3 Å². The molecule has 5 N–H and O–H groups in total. The van der Waals surface area contributed by atoms with Gasteiger partial charge >= 0.3 is 11.9 Å². The third-order valence-corrected chi connectivity index (χ3v) is 2.86. The average Bonchev–Trinajstić information content (AvgIpc) is 2.68. The van der Waals surface area contributed by atoms with E-state index in [-0.39, 0.29) is 5.97 Å². The fourth-order valence-corrected chi connectivity index (χ4v) is 1.70. The second-order valence-corrected chi connectivity index (χ2v) is 6.57. The van der Waals surface area contributed by atoms with Gasteiger partial charge in [-0.05, 0) is 73.2 Å². The Labute approximate surface area is 190 Å². The Balaban J connectivity index is 0.000000535. The highest BCUT2D eigenvalue weighted by Crippen LogP contribution is 2.09. The van der Waals surface area contributed by atoms with Crippen LogP contribution in [-0.2, 0) is 14.3 Å². The fourth-order valence-electron chi connectivity index (χ4n) is 1.70. The maximum absolute atomic E-state index is 11.3. The molecule has 0 saturated heterocycles. The molecule has 162 valence electrons. The van der Waals surface area contributed by atoms with Crippen molar-refractivity contribution in [3.05, 3.63) is 59.9 Å². The maximum atomic E-state index is 11.3. The van der Waals surface area contributed by atoms with Gasteiger partial charge in [0.2, 0.25) is 0 Å². The lowest BCUT2D eigenvalue weighted by atomic mass is 10.2. The predicted molar refractivity (Wildman–Crippen MR) is 129 cm³/mol. The molecule has 0 amide bonds. The number of carbonyl (C=O) groups excluding carboxylic acids is 1. The van der Waals surface area contributed by atoms with Crippen LogP contribution in [0, 0.1) is 0 Å². The van der Waals surface area contributed by atoms with Crippen molar-refractivity contribution in [2.75, 3.05) is 16.4 Å². The molecule has 2 aromatic rings. The van der Waals surface area contributed by atoms with Gasteiger partial charge in [0.15, 0.2) is 0 Å². The number of pyridine rings is 2. The number of anilines is 2. The van der Waals surface area contributed by atoms with E-state index >= 15 is 0 Å². The fraction of sp³-hybridized carbons (Fsp3) is 0.238. The van der Waals surface area contributed by atoms with E-state index in [2.05, 4.69) is 32.6 Å². The molecular formula is C21H27IN4O4. The molecule has 0 fully saturated rings. The van der Waals surface area contributed by atoms with Gasteiger partial charge in [0, 0.05) is 24.5 Å². The van der Waals surface area contributed by atoms with Crippen LogP contribution in [0.5, 0.6) is 0 Å². The SMILES string of the molecule is CC(C)(C)OC(=O)/C=C/c1ccc(N)nc1.CI.Nc1ccc(/C=C/C(=O)O)cn1. The minimum absolute atomic E-state index is 0.371. The van der Waals surface area contributed by atoms with Gasteiger partial charge in [-0.3, -0.25) is 0 Å².